The van der Waals surface area contributed by atoms with E-state index in [1.165, 1.54) is 0 Å². The molecule has 1 aromatic carbocycles. The monoisotopic (exact) mass is 293 g/mol. The molecule has 0 amide bonds. The van der Waals surface area contributed by atoms with Crippen LogP contribution in [0.2, 0.25) is 0 Å². The van der Waals surface area contributed by atoms with Crippen LogP contribution in [-0.2, 0) is 9.53 Å². The molecule has 0 aromatic heterocycles. The maximum Gasteiger partial charge on any atom is 0.309 e. The Morgan fingerprint density at radius 2 is 1.86 bits per heavy atom. The molecular weight excluding hydrogens is 266 g/mol. The molecule has 0 heterocycles. The number of hydrogen-bond donors (Lipinski definition) is 0. The molecule has 0 fully saturated rings. The van der Waals surface area contributed by atoms with Crippen LogP contribution in [0.15, 0.2) is 24.3 Å². The zero-order valence-electron chi connectivity index (χ0n) is 13.8. The van der Waals surface area contributed by atoms with Crippen LogP contribution in [0.3, 0.4) is 0 Å². The van der Waals surface area contributed by atoms with Gasteiger partial charge in [0.2, 0.25) is 0 Å². The molecule has 0 saturated heterocycles. The van der Waals surface area contributed by atoms with Crippen LogP contribution in [0.4, 0.5) is 5.69 Å². The van der Waals surface area contributed by atoms with Crippen molar-refractivity contribution < 1.29 is 14.3 Å². The number of nitrogens with zero attached hydrogens (tertiary/aromatic N) is 1. The Hall–Kier alpha value is -1.71. The van der Waals surface area contributed by atoms with Gasteiger partial charge in [-0.15, -0.1) is 0 Å². The smallest absolute Gasteiger partial charge is 0.309 e. The summed E-state index contributed by atoms with van der Waals surface area (Å²) in [5.41, 5.74) is 0.689. The Balaban J connectivity index is 2.49. The van der Waals surface area contributed by atoms with Crippen LogP contribution >= 0.6 is 0 Å². The Labute approximate surface area is 128 Å². The molecule has 1 rings (SSSR count). The normalized spacial score (nSPS) is 11.1. The van der Waals surface area contributed by atoms with Gasteiger partial charge in [-0.05, 0) is 46.8 Å². The zero-order chi connectivity index (χ0) is 15.9. The standard InChI is InChI=1S/C17H27NO3/c1-6-18(7-2)14-9-8-10-15(13-14)20-12-11-16(19)21-17(3,4)5/h8-10,13H,6-7,11-12H2,1-5H3. The molecule has 0 N–H and O–H groups in total. The van der Waals surface area contributed by atoms with E-state index >= 15 is 0 Å². The summed E-state index contributed by atoms with van der Waals surface area (Å²) in [6, 6.07) is 7.94. The van der Waals surface area contributed by atoms with E-state index in [9.17, 15) is 4.79 Å². The zero-order valence-corrected chi connectivity index (χ0v) is 13.8. The van der Waals surface area contributed by atoms with Crippen molar-refractivity contribution in [1.29, 1.82) is 0 Å². The highest BCUT2D eigenvalue weighted by atomic mass is 16.6. The largest absolute Gasteiger partial charge is 0.493 e. The van der Waals surface area contributed by atoms with Crippen molar-refractivity contribution in [3.63, 3.8) is 0 Å². The van der Waals surface area contributed by atoms with Crippen molar-refractivity contribution >= 4 is 11.7 Å². The number of ether oxygens (including phenoxy) is 2. The second kappa shape index (κ2) is 7.91. The fourth-order valence-electron chi connectivity index (χ4n) is 2.00. The molecule has 21 heavy (non-hydrogen) atoms. The van der Waals surface area contributed by atoms with E-state index in [2.05, 4.69) is 24.8 Å². The average Bonchev–Trinajstić information content (AvgIpc) is 2.38. The summed E-state index contributed by atoms with van der Waals surface area (Å²) in [6.45, 7) is 12.1. The van der Waals surface area contributed by atoms with Gasteiger partial charge in [0.1, 0.15) is 11.4 Å². The van der Waals surface area contributed by atoms with Gasteiger partial charge in [-0.3, -0.25) is 4.79 Å². The van der Waals surface area contributed by atoms with E-state index in [4.69, 9.17) is 9.47 Å². The maximum absolute atomic E-state index is 11.6. The lowest BCUT2D eigenvalue weighted by atomic mass is 10.2. The van der Waals surface area contributed by atoms with Crippen molar-refractivity contribution in [2.24, 2.45) is 0 Å². The van der Waals surface area contributed by atoms with Crippen molar-refractivity contribution in [3.8, 4) is 5.75 Å². The fraction of sp³-hybridized carbons (Fsp3) is 0.588. The van der Waals surface area contributed by atoms with E-state index < -0.39 is 5.60 Å². The SMILES string of the molecule is CCN(CC)c1cccc(OCCC(=O)OC(C)(C)C)c1. The number of esters is 1. The Bertz CT molecular complexity index is 448. The molecule has 1 aromatic rings. The van der Waals surface area contributed by atoms with Crippen LogP contribution in [0, 0.1) is 0 Å². The van der Waals surface area contributed by atoms with Crippen molar-refractivity contribution in [2.45, 2.75) is 46.6 Å². The van der Waals surface area contributed by atoms with Crippen LogP contribution in [0.5, 0.6) is 5.75 Å². The third-order valence-electron chi connectivity index (χ3n) is 2.94. The molecule has 0 bridgehead atoms. The Kier molecular flexibility index (Phi) is 6.53. The summed E-state index contributed by atoms with van der Waals surface area (Å²) >= 11 is 0. The van der Waals surface area contributed by atoms with Crippen LogP contribution in [0.25, 0.3) is 0 Å². The third kappa shape index (κ3) is 6.52. The van der Waals surface area contributed by atoms with Crippen LogP contribution in [-0.4, -0.2) is 31.3 Å². The van der Waals surface area contributed by atoms with Gasteiger partial charge in [0.25, 0.3) is 0 Å². The molecule has 118 valence electrons. The topological polar surface area (TPSA) is 38.8 Å². The minimum atomic E-state index is -0.445. The first kappa shape index (κ1) is 17.3. The number of carbonyl (C=O) groups is 1. The van der Waals surface area contributed by atoms with E-state index in [1.807, 2.05) is 39.0 Å². The van der Waals surface area contributed by atoms with Gasteiger partial charge in [-0.2, -0.15) is 0 Å². The third-order valence-corrected chi connectivity index (χ3v) is 2.94. The molecular formula is C17H27NO3. The quantitative estimate of drug-likeness (QED) is 0.719. The second-order valence-electron chi connectivity index (χ2n) is 5.85. The predicted molar refractivity (Wildman–Crippen MR) is 86.0 cm³/mol. The van der Waals surface area contributed by atoms with Gasteiger partial charge in [0, 0.05) is 24.8 Å². The minimum absolute atomic E-state index is 0.234. The summed E-state index contributed by atoms with van der Waals surface area (Å²) in [6.07, 6.45) is 0.257. The molecule has 0 radical (unpaired) electrons. The van der Waals surface area contributed by atoms with Crippen molar-refractivity contribution in [2.75, 3.05) is 24.6 Å². The van der Waals surface area contributed by atoms with Crippen molar-refractivity contribution in [3.05, 3.63) is 24.3 Å². The first-order valence-electron chi connectivity index (χ1n) is 7.55. The summed E-state index contributed by atoms with van der Waals surface area (Å²) < 4.78 is 10.9. The second-order valence-corrected chi connectivity index (χ2v) is 5.85. The molecule has 0 aliphatic rings. The van der Waals surface area contributed by atoms with Gasteiger partial charge in [-0.25, -0.2) is 0 Å². The average molecular weight is 293 g/mol. The van der Waals surface area contributed by atoms with Gasteiger partial charge in [0.05, 0.1) is 13.0 Å². The fourth-order valence-corrected chi connectivity index (χ4v) is 2.00. The molecule has 4 nitrogen and oxygen atoms in total. The van der Waals surface area contributed by atoms with Gasteiger partial charge >= 0.3 is 5.97 Å². The molecule has 4 heteroatoms. The Morgan fingerprint density at radius 1 is 1.19 bits per heavy atom. The number of rotatable bonds is 7. The van der Waals surface area contributed by atoms with E-state index in [1.54, 1.807) is 0 Å². The molecule has 0 spiro atoms. The first-order valence-corrected chi connectivity index (χ1v) is 7.55. The molecule has 0 saturated carbocycles. The number of anilines is 1. The molecule has 0 unspecified atom stereocenters. The lowest BCUT2D eigenvalue weighted by molar-refractivity contribution is -0.155. The van der Waals surface area contributed by atoms with Gasteiger partial charge in [0.15, 0.2) is 0 Å². The van der Waals surface area contributed by atoms with Gasteiger partial charge in [-0.1, -0.05) is 6.07 Å². The predicted octanol–water partition coefficient (Wildman–Crippen LogP) is 3.64. The number of carbonyl (C=O) groups excluding carboxylic acids is 1. The highest BCUT2D eigenvalue weighted by molar-refractivity contribution is 5.70. The summed E-state index contributed by atoms with van der Waals surface area (Å²) in [4.78, 5) is 13.9. The highest BCUT2D eigenvalue weighted by Gasteiger charge is 2.16. The van der Waals surface area contributed by atoms with Crippen LogP contribution < -0.4 is 9.64 Å². The minimum Gasteiger partial charge on any atom is -0.493 e. The van der Waals surface area contributed by atoms with Crippen LogP contribution in [0.1, 0.15) is 41.0 Å². The summed E-state index contributed by atoms with van der Waals surface area (Å²) in [5, 5.41) is 0. The highest BCUT2D eigenvalue weighted by Crippen LogP contribution is 2.21. The van der Waals surface area contributed by atoms with E-state index in [-0.39, 0.29) is 12.4 Å². The van der Waals surface area contributed by atoms with E-state index in [0.29, 0.717) is 6.61 Å². The molecule has 0 aliphatic carbocycles. The Morgan fingerprint density at radius 3 is 2.43 bits per heavy atom. The summed E-state index contributed by atoms with van der Waals surface area (Å²) in [5.74, 6) is 0.547. The number of hydrogen-bond acceptors (Lipinski definition) is 4. The lowest BCUT2D eigenvalue weighted by Crippen LogP contribution is -2.24. The number of benzene rings is 1. The summed E-state index contributed by atoms with van der Waals surface area (Å²) in [7, 11) is 0. The van der Waals surface area contributed by atoms with Gasteiger partial charge < -0.3 is 14.4 Å². The van der Waals surface area contributed by atoms with E-state index in [0.717, 1.165) is 24.5 Å². The molecule has 0 atom stereocenters. The van der Waals surface area contributed by atoms with Crippen molar-refractivity contribution in [1.82, 2.24) is 0 Å². The molecule has 0 aliphatic heterocycles. The lowest BCUT2D eigenvalue weighted by Gasteiger charge is -2.21. The maximum atomic E-state index is 11.6. The first-order chi connectivity index (χ1) is 9.85.